The van der Waals surface area contributed by atoms with Crippen LogP contribution in [0.3, 0.4) is 0 Å². The van der Waals surface area contributed by atoms with Crippen LogP contribution in [-0.4, -0.2) is 14.8 Å². The van der Waals surface area contributed by atoms with Gasteiger partial charge in [-0.15, -0.1) is 5.10 Å². The van der Waals surface area contributed by atoms with Crippen molar-refractivity contribution >= 4 is 11.8 Å². The molecule has 1 aromatic heterocycles. The molecule has 0 fully saturated rings. The van der Waals surface area contributed by atoms with Crippen LogP contribution in [0.4, 0.5) is 4.39 Å². The van der Waals surface area contributed by atoms with Crippen LogP contribution in [-0.2, 0) is 6.54 Å². The summed E-state index contributed by atoms with van der Waals surface area (Å²) in [7, 11) is 0. The summed E-state index contributed by atoms with van der Waals surface area (Å²) >= 11 is 1.49. The van der Waals surface area contributed by atoms with Gasteiger partial charge in [0.1, 0.15) is 5.82 Å². The van der Waals surface area contributed by atoms with E-state index in [-0.39, 0.29) is 16.8 Å². The summed E-state index contributed by atoms with van der Waals surface area (Å²) in [6.07, 6.45) is 0.873. The van der Waals surface area contributed by atoms with E-state index >= 15 is 0 Å². The van der Waals surface area contributed by atoms with Crippen molar-refractivity contribution in [1.82, 2.24) is 14.8 Å². The average Bonchev–Trinajstić information content (AvgIpc) is 2.73. The van der Waals surface area contributed by atoms with Gasteiger partial charge >= 0.3 is 5.69 Å². The van der Waals surface area contributed by atoms with Gasteiger partial charge in [-0.05, 0) is 31.0 Å². The molecule has 0 aliphatic rings. The summed E-state index contributed by atoms with van der Waals surface area (Å²) in [6.45, 7) is 4.67. The van der Waals surface area contributed by atoms with Gasteiger partial charge in [0.15, 0.2) is 5.16 Å². The Balaban J connectivity index is 2.16. The van der Waals surface area contributed by atoms with Crippen molar-refractivity contribution in [3.63, 3.8) is 0 Å². The topological polar surface area (TPSA) is 50.7 Å². The van der Waals surface area contributed by atoms with Crippen LogP contribution in [0.25, 0.3) is 0 Å². The maximum Gasteiger partial charge on any atom is 0.343 e. The fourth-order valence-electron chi connectivity index (χ4n) is 1.77. The first-order chi connectivity index (χ1) is 9.11. The van der Waals surface area contributed by atoms with E-state index in [2.05, 4.69) is 10.2 Å². The van der Waals surface area contributed by atoms with Crippen molar-refractivity contribution in [2.24, 2.45) is 0 Å². The largest absolute Gasteiger partial charge is 0.343 e. The second-order valence-electron chi connectivity index (χ2n) is 4.27. The standard InChI is InChI=1S/C13H16FN3OS/c1-3-8-17-12(18)15-16-13(17)19-9(2)10-4-6-11(14)7-5-10/h4-7,9H,3,8H2,1-2H3,(H,15,18)/t9-/m1/s1. The molecule has 0 spiro atoms. The first kappa shape index (κ1) is 13.9. The van der Waals surface area contributed by atoms with Crippen molar-refractivity contribution in [2.75, 3.05) is 0 Å². The van der Waals surface area contributed by atoms with E-state index in [9.17, 15) is 9.18 Å². The number of aromatic nitrogens is 3. The molecular weight excluding hydrogens is 265 g/mol. The van der Waals surface area contributed by atoms with Gasteiger partial charge in [-0.3, -0.25) is 4.57 Å². The number of benzene rings is 1. The first-order valence-corrected chi connectivity index (χ1v) is 7.07. The summed E-state index contributed by atoms with van der Waals surface area (Å²) in [6, 6.07) is 6.38. The first-order valence-electron chi connectivity index (χ1n) is 6.19. The molecule has 0 saturated carbocycles. The zero-order valence-corrected chi connectivity index (χ0v) is 11.7. The Hall–Kier alpha value is -1.56. The fraction of sp³-hybridized carbons (Fsp3) is 0.385. The molecule has 2 rings (SSSR count). The van der Waals surface area contributed by atoms with E-state index in [4.69, 9.17) is 0 Å². The Morgan fingerprint density at radius 1 is 1.42 bits per heavy atom. The number of nitrogens with one attached hydrogen (secondary N) is 1. The number of thioether (sulfide) groups is 1. The van der Waals surface area contributed by atoms with Crippen molar-refractivity contribution in [3.8, 4) is 0 Å². The van der Waals surface area contributed by atoms with Gasteiger partial charge in [0.2, 0.25) is 0 Å². The number of H-pyrrole nitrogens is 1. The number of hydrogen-bond donors (Lipinski definition) is 1. The van der Waals surface area contributed by atoms with Crippen LogP contribution in [0.15, 0.2) is 34.2 Å². The molecule has 0 radical (unpaired) electrons. The maximum absolute atomic E-state index is 12.9. The SMILES string of the molecule is CCCn1c(S[C@H](C)c2ccc(F)cc2)n[nH]c1=O. The zero-order valence-electron chi connectivity index (χ0n) is 10.9. The van der Waals surface area contributed by atoms with E-state index in [0.29, 0.717) is 11.7 Å². The van der Waals surface area contributed by atoms with Crippen molar-refractivity contribution in [2.45, 2.75) is 37.2 Å². The molecule has 1 N–H and O–H groups in total. The number of halogens is 1. The lowest BCUT2D eigenvalue weighted by Crippen LogP contribution is -2.17. The van der Waals surface area contributed by atoms with Crippen LogP contribution in [0, 0.1) is 5.82 Å². The van der Waals surface area contributed by atoms with Gasteiger partial charge in [-0.1, -0.05) is 30.8 Å². The predicted molar refractivity (Wildman–Crippen MR) is 73.8 cm³/mol. The minimum absolute atomic E-state index is 0.103. The van der Waals surface area contributed by atoms with Gasteiger partial charge in [-0.25, -0.2) is 14.3 Å². The minimum Gasteiger partial charge on any atom is -0.270 e. The monoisotopic (exact) mass is 281 g/mol. The molecule has 0 saturated heterocycles. The Morgan fingerprint density at radius 2 is 2.11 bits per heavy atom. The lowest BCUT2D eigenvalue weighted by Gasteiger charge is -2.11. The normalized spacial score (nSPS) is 12.6. The summed E-state index contributed by atoms with van der Waals surface area (Å²) in [5, 5.41) is 7.27. The lowest BCUT2D eigenvalue weighted by molar-refractivity contribution is 0.603. The predicted octanol–water partition coefficient (Wildman–Crippen LogP) is 2.97. The van der Waals surface area contributed by atoms with Crippen molar-refractivity contribution in [1.29, 1.82) is 0 Å². The number of nitrogens with zero attached hydrogens (tertiary/aromatic N) is 2. The molecule has 1 heterocycles. The van der Waals surface area contributed by atoms with Crippen LogP contribution < -0.4 is 5.69 Å². The number of hydrogen-bond acceptors (Lipinski definition) is 3. The highest BCUT2D eigenvalue weighted by Crippen LogP contribution is 2.32. The fourth-order valence-corrected chi connectivity index (χ4v) is 2.78. The number of aromatic amines is 1. The van der Waals surface area contributed by atoms with E-state index < -0.39 is 0 Å². The van der Waals surface area contributed by atoms with E-state index in [1.165, 1.54) is 23.9 Å². The summed E-state index contributed by atoms with van der Waals surface area (Å²) in [4.78, 5) is 11.6. The minimum atomic E-state index is -0.247. The quantitative estimate of drug-likeness (QED) is 0.857. The molecule has 0 aliphatic carbocycles. The number of rotatable bonds is 5. The Labute approximate surface area is 115 Å². The smallest absolute Gasteiger partial charge is 0.270 e. The molecule has 2 aromatic rings. The summed E-state index contributed by atoms with van der Waals surface area (Å²) < 4.78 is 14.5. The molecule has 4 nitrogen and oxygen atoms in total. The molecule has 1 aromatic carbocycles. The lowest BCUT2D eigenvalue weighted by atomic mass is 10.2. The molecule has 102 valence electrons. The third-order valence-corrected chi connectivity index (χ3v) is 3.94. The molecule has 0 unspecified atom stereocenters. The Morgan fingerprint density at radius 3 is 2.74 bits per heavy atom. The van der Waals surface area contributed by atoms with Crippen molar-refractivity contribution < 1.29 is 4.39 Å². The van der Waals surface area contributed by atoms with Gasteiger partial charge in [0.05, 0.1) is 0 Å². The molecule has 0 aliphatic heterocycles. The van der Waals surface area contributed by atoms with Gasteiger partial charge in [0.25, 0.3) is 0 Å². The molecule has 19 heavy (non-hydrogen) atoms. The zero-order chi connectivity index (χ0) is 13.8. The van der Waals surface area contributed by atoms with E-state index in [0.717, 1.165) is 12.0 Å². The van der Waals surface area contributed by atoms with Crippen molar-refractivity contribution in [3.05, 3.63) is 46.1 Å². The van der Waals surface area contributed by atoms with E-state index in [1.54, 1.807) is 16.7 Å². The average molecular weight is 281 g/mol. The summed E-state index contributed by atoms with van der Waals surface area (Å²) in [5.74, 6) is -0.247. The molecule has 0 bridgehead atoms. The van der Waals surface area contributed by atoms with Crippen LogP contribution in [0.2, 0.25) is 0 Å². The Kier molecular flexibility index (Phi) is 4.42. The van der Waals surface area contributed by atoms with Crippen LogP contribution in [0.1, 0.15) is 31.1 Å². The molecule has 6 heteroatoms. The second-order valence-corrected chi connectivity index (χ2v) is 5.58. The molecular formula is C13H16FN3OS. The maximum atomic E-state index is 12.9. The second kappa shape index (κ2) is 6.06. The van der Waals surface area contributed by atoms with Gasteiger partial charge < -0.3 is 0 Å². The van der Waals surface area contributed by atoms with Gasteiger partial charge in [-0.2, -0.15) is 0 Å². The highest BCUT2D eigenvalue weighted by atomic mass is 32.2. The van der Waals surface area contributed by atoms with Crippen LogP contribution in [0.5, 0.6) is 0 Å². The third kappa shape index (κ3) is 3.26. The Bertz CT molecular complexity index is 591. The van der Waals surface area contributed by atoms with E-state index in [1.807, 2.05) is 13.8 Å². The summed E-state index contributed by atoms with van der Waals surface area (Å²) in [5.41, 5.74) is 0.820. The highest BCUT2D eigenvalue weighted by Gasteiger charge is 2.14. The molecule has 0 amide bonds. The third-order valence-electron chi connectivity index (χ3n) is 2.79. The molecule has 1 atom stereocenters. The van der Waals surface area contributed by atoms with Gasteiger partial charge in [0, 0.05) is 11.8 Å². The highest BCUT2D eigenvalue weighted by molar-refractivity contribution is 7.99. The van der Waals surface area contributed by atoms with Crippen LogP contribution >= 0.6 is 11.8 Å².